The molecule has 0 aromatic heterocycles. The largest absolute Gasteiger partial charge is 0.481 e. The van der Waals surface area contributed by atoms with Gasteiger partial charge in [-0.25, -0.2) is 0 Å². The fourth-order valence-electron chi connectivity index (χ4n) is 3.92. The number of nitrogens with zero attached hydrogens (tertiary/aromatic N) is 1. The number of quaternary nitrogens is 1. The zero-order valence-corrected chi connectivity index (χ0v) is 19.2. The highest BCUT2D eigenvalue weighted by Crippen LogP contribution is 2.22. The Balaban J connectivity index is 5.18. The average Bonchev–Trinajstić information content (AvgIpc) is 2.66. The molecule has 0 fully saturated rings. The Kier molecular flexibility index (Phi) is 14.0. The van der Waals surface area contributed by atoms with Crippen LogP contribution in [-0.2, 0) is 14.4 Å². The zero-order chi connectivity index (χ0) is 23.2. The molecular weight excluding hydrogens is 386 g/mol. The van der Waals surface area contributed by atoms with Crippen molar-refractivity contribution < 1.29 is 34.2 Å². The van der Waals surface area contributed by atoms with Crippen LogP contribution in [0.1, 0.15) is 72.6 Å². The molecule has 0 saturated heterocycles. The van der Waals surface area contributed by atoms with Gasteiger partial charge >= 0.3 is 17.9 Å². The molecule has 3 N–H and O–H groups in total. The molecule has 7 heteroatoms. The lowest BCUT2D eigenvalue weighted by Gasteiger charge is -2.42. The van der Waals surface area contributed by atoms with Crippen molar-refractivity contribution >= 4 is 17.9 Å². The first-order valence-electron chi connectivity index (χ1n) is 11.2. The number of allylic oxidation sites excluding steroid dienone is 2. The van der Waals surface area contributed by atoms with E-state index in [0.717, 1.165) is 32.1 Å². The van der Waals surface area contributed by atoms with Crippen LogP contribution in [0.4, 0.5) is 0 Å². The van der Waals surface area contributed by atoms with Crippen LogP contribution in [0.25, 0.3) is 0 Å². The van der Waals surface area contributed by atoms with E-state index in [1.807, 2.05) is 0 Å². The highest BCUT2D eigenvalue weighted by Gasteiger charge is 2.38. The summed E-state index contributed by atoms with van der Waals surface area (Å²) in [5, 5.41) is 28.2. The van der Waals surface area contributed by atoms with E-state index in [1.54, 1.807) is 20.8 Å². The highest BCUT2D eigenvalue weighted by molar-refractivity contribution is 5.70. The smallest absolute Gasteiger partial charge is 0.311 e. The summed E-state index contributed by atoms with van der Waals surface area (Å²) < 4.78 is 0.209. The third kappa shape index (κ3) is 12.0. The second-order valence-electron chi connectivity index (χ2n) is 8.79. The molecule has 0 aliphatic carbocycles. The average molecular weight is 429 g/mol. The number of rotatable bonds is 18. The third-order valence-electron chi connectivity index (χ3n) is 5.64. The summed E-state index contributed by atoms with van der Waals surface area (Å²) >= 11 is 0. The maximum absolute atomic E-state index is 11.5. The van der Waals surface area contributed by atoms with E-state index in [-0.39, 0.29) is 24.1 Å². The molecule has 0 aromatic carbocycles. The molecule has 174 valence electrons. The van der Waals surface area contributed by atoms with Crippen LogP contribution in [0, 0.1) is 17.8 Å². The van der Waals surface area contributed by atoms with Gasteiger partial charge in [-0.3, -0.25) is 14.4 Å². The lowest BCUT2D eigenvalue weighted by Crippen LogP contribution is -2.57. The summed E-state index contributed by atoms with van der Waals surface area (Å²) in [5.74, 6) is -4.85. The van der Waals surface area contributed by atoms with Crippen molar-refractivity contribution in [2.75, 3.05) is 26.2 Å². The Morgan fingerprint density at radius 1 is 0.700 bits per heavy atom. The van der Waals surface area contributed by atoms with Crippen LogP contribution in [0.2, 0.25) is 0 Å². The van der Waals surface area contributed by atoms with Crippen LogP contribution < -0.4 is 0 Å². The lowest BCUT2D eigenvalue weighted by atomic mass is 10.0. The predicted molar refractivity (Wildman–Crippen MR) is 117 cm³/mol. The monoisotopic (exact) mass is 428 g/mol. The van der Waals surface area contributed by atoms with E-state index in [4.69, 9.17) is 0 Å². The molecule has 0 amide bonds. The van der Waals surface area contributed by atoms with Crippen molar-refractivity contribution in [3.05, 3.63) is 12.2 Å². The molecule has 7 nitrogen and oxygen atoms in total. The fourth-order valence-corrected chi connectivity index (χ4v) is 3.92. The van der Waals surface area contributed by atoms with Gasteiger partial charge in [0.05, 0.1) is 26.2 Å². The van der Waals surface area contributed by atoms with Crippen LogP contribution in [0.5, 0.6) is 0 Å². The molecule has 0 saturated carbocycles. The van der Waals surface area contributed by atoms with Gasteiger partial charge in [0.15, 0.2) is 0 Å². The first-order chi connectivity index (χ1) is 14.0. The maximum atomic E-state index is 11.5. The molecule has 0 aromatic rings. The molecule has 0 aliphatic rings. The molecule has 0 heterocycles. The number of unbranched alkanes of at least 4 members (excludes halogenated alkanes) is 5. The number of hydrogen-bond acceptors (Lipinski definition) is 3. The van der Waals surface area contributed by atoms with Crippen molar-refractivity contribution in [3.63, 3.8) is 0 Å². The second-order valence-corrected chi connectivity index (χ2v) is 8.79. The Labute approximate surface area is 181 Å². The number of carboxylic acids is 3. The van der Waals surface area contributed by atoms with Gasteiger partial charge in [0.2, 0.25) is 0 Å². The summed E-state index contributed by atoms with van der Waals surface area (Å²) in [7, 11) is 0. The van der Waals surface area contributed by atoms with Crippen molar-refractivity contribution in [3.8, 4) is 0 Å². The minimum absolute atomic E-state index is 0.209. The molecule has 3 atom stereocenters. The van der Waals surface area contributed by atoms with Gasteiger partial charge in [-0.15, -0.1) is 0 Å². The van der Waals surface area contributed by atoms with Gasteiger partial charge in [-0.05, 0) is 52.9 Å². The minimum atomic E-state index is -0.944. The first-order valence-corrected chi connectivity index (χ1v) is 11.2. The Hall–Kier alpha value is -1.89. The van der Waals surface area contributed by atoms with Gasteiger partial charge in [-0.1, -0.05) is 31.9 Å². The van der Waals surface area contributed by atoms with Crippen molar-refractivity contribution in [2.45, 2.75) is 72.6 Å². The Bertz CT molecular complexity index is 505. The van der Waals surface area contributed by atoms with Gasteiger partial charge in [0, 0.05) is 0 Å². The van der Waals surface area contributed by atoms with Gasteiger partial charge in [0.1, 0.15) is 17.8 Å². The zero-order valence-electron chi connectivity index (χ0n) is 19.2. The van der Waals surface area contributed by atoms with E-state index in [9.17, 15) is 29.7 Å². The normalized spacial score (nSPS) is 16.7. The minimum Gasteiger partial charge on any atom is -0.481 e. The molecule has 0 spiro atoms. The van der Waals surface area contributed by atoms with E-state index >= 15 is 0 Å². The van der Waals surface area contributed by atoms with Crippen molar-refractivity contribution in [2.24, 2.45) is 17.8 Å². The molecule has 3 unspecified atom stereocenters. The highest BCUT2D eigenvalue weighted by atomic mass is 16.4. The number of carboxylic acid groups (broad SMARTS) is 3. The first kappa shape index (κ1) is 28.1. The predicted octanol–water partition coefficient (Wildman–Crippen LogP) is 4.27. The lowest BCUT2D eigenvalue weighted by molar-refractivity contribution is -0.934. The van der Waals surface area contributed by atoms with Crippen molar-refractivity contribution in [1.82, 2.24) is 0 Å². The maximum Gasteiger partial charge on any atom is 0.311 e. The molecule has 0 aliphatic heterocycles. The van der Waals surface area contributed by atoms with Gasteiger partial charge in [-0.2, -0.15) is 0 Å². The summed E-state index contributed by atoms with van der Waals surface area (Å²) in [6, 6.07) is 0. The molecule has 30 heavy (non-hydrogen) atoms. The number of hydrogen-bond donors (Lipinski definition) is 3. The Morgan fingerprint density at radius 3 is 1.47 bits per heavy atom. The van der Waals surface area contributed by atoms with Crippen molar-refractivity contribution in [1.29, 1.82) is 0 Å². The van der Waals surface area contributed by atoms with Crippen LogP contribution in [-0.4, -0.2) is 63.9 Å². The topological polar surface area (TPSA) is 112 Å². The second kappa shape index (κ2) is 15.0. The number of carbonyl (C=O) groups is 3. The SMILES string of the molecule is CCCC/C=C/CCCCC[N+](CC(C)C(=O)O)(CC(C)C(=O)O)CC(C)C(=O)O. The van der Waals surface area contributed by atoms with Crippen LogP contribution >= 0.6 is 0 Å². The number of aliphatic carboxylic acids is 3. The van der Waals surface area contributed by atoms with E-state index in [0.29, 0.717) is 6.54 Å². The summed E-state index contributed by atoms with van der Waals surface area (Å²) in [4.78, 5) is 34.5. The van der Waals surface area contributed by atoms with Crippen LogP contribution in [0.3, 0.4) is 0 Å². The van der Waals surface area contributed by atoms with E-state index < -0.39 is 35.7 Å². The molecule has 0 radical (unpaired) electrons. The standard InChI is InChI=1S/C23H41NO6/c1-5-6-7-8-9-10-11-12-13-14-24(15-18(2)21(25)26,16-19(3)22(27)28)17-20(4)23(29)30/h8-9,18-20H,5-7,10-17H2,1-4H3,(H2-,25,26,27,28,29,30)/p+1/b9-8+. The van der Waals surface area contributed by atoms with Gasteiger partial charge < -0.3 is 19.8 Å². The summed E-state index contributed by atoms with van der Waals surface area (Å²) in [6.45, 7) is 8.28. The van der Waals surface area contributed by atoms with Crippen LogP contribution in [0.15, 0.2) is 12.2 Å². The van der Waals surface area contributed by atoms with E-state index in [1.165, 1.54) is 12.8 Å². The van der Waals surface area contributed by atoms with E-state index in [2.05, 4.69) is 19.1 Å². The molecule has 0 rings (SSSR count). The molecule has 0 bridgehead atoms. The van der Waals surface area contributed by atoms with Gasteiger partial charge in [0.25, 0.3) is 0 Å². The fraction of sp³-hybridized carbons (Fsp3) is 0.783. The quantitative estimate of drug-likeness (QED) is 0.171. The summed E-state index contributed by atoms with van der Waals surface area (Å²) in [5.41, 5.74) is 0. The Morgan fingerprint density at radius 2 is 1.10 bits per heavy atom. The third-order valence-corrected chi connectivity index (χ3v) is 5.64. The molecular formula is C23H42NO6+. The summed E-state index contributed by atoms with van der Waals surface area (Å²) in [6.07, 6.45) is 11.7.